The van der Waals surface area contributed by atoms with Crippen LogP contribution in [-0.4, -0.2) is 25.0 Å². The van der Waals surface area contributed by atoms with Gasteiger partial charge in [0, 0.05) is 0 Å². The number of carbonyl (C=O) groups is 2. The molecule has 0 heterocycles. The van der Waals surface area contributed by atoms with E-state index in [-0.39, 0.29) is 0 Å². The molecule has 0 saturated heterocycles. The maximum Gasteiger partial charge on any atom is 0.347 e. The zero-order chi connectivity index (χ0) is 12.0. The molecule has 16 heavy (non-hydrogen) atoms. The zero-order valence-electron chi connectivity index (χ0n) is 9.30. The Morgan fingerprint density at radius 1 is 1.44 bits per heavy atom. The first-order valence-electron chi connectivity index (χ1n) is 5.06. The fraction of sp³-hybridized carbons (Fsp3) is 0.333. The average molecular weight is 222 g/mol. The summed E-state index contributed by atoms with van der Waals surface area (Å²) in [5.41, 5.74) is 0.415. The Labute approximate surface area is 94.2 Å². The van der Waals surface area contributed by atoms with Gasteiger partial charge in [0.1, 0.15) is 5.75 Å². The predicted molar refractivity (Wildman–Crippen MR) is 58.6 cm³/mol. The lowest BCUT2D eigenvalue weighted by Gasteiger charge is -2.14. The average Bonchev–Trinajstić information content (AvgIpc) is 2.30. The van der Waals surface area contributed by atoms with Crippen LogP contribution in [0.3, 0.4) is 0 Å². The zero-order valence-corrected chi connectivity index (χ0v) is 9.30. The Morgan fingerprint density at radius 3 is 2.75 bits per heavy atom. The van der Waals surface area contributed by atoms with Gasteiger partial charge in [0.25, 0.3) is 0 Å². The minimum absolute atomic E-state index is 0.307. The maximum absolute atomic E-state index is 11.3. The molecule has 4 nitrogen and oxygen atoms in total. The van der Waals surface area contributed by atoms with Crippen LogP contribution in [0.5, 0.6) is 5.75 Å². The maximum atomic E-state index is 11.3. The monoisotopic (exact) mass is 222 g/mol. The fourth-order valence-corrected chi connectivity index (χ4v) is 1.18. The van der Waals surface area contributed by atoms with Gasteiger partial charge >= 0.3 is 5.97 Å². The van der Waals surface area contributed by atoms with Gasteiger partial charge in [-0.15, -0.1) is 0 Å². The molecule has 4 heteroatoms. The first kappa shape index (κ1) is 12.2. The van der Waals surface area contributed by atoms with Crippen LogP contribution >= 0.6 is 0 Å². The number of esters is 1. The molecule has 0 aliphatic heterocycles. The summed E-state index contributed by atoms with van der Waals surface area (Å²) in [6, 6.07) is 6.73. The van der Waals surface area contributed by atoms with E-state index in [2.05, 4.69) is 0 Å². The second kappa shape index (κ2) is 5.90. The number of hydrogen-bond donors (Lipinski definition) is 0. The summed E-state index contributed by atoms with van der Waals surface area (Å²) in [5.74, 6) is -0.0544. The lowest BCUT2D eigenvalue weighted by atomic mass is 10.2. The summed E-state index contributed by atoms with van der Waals surface area (Å²) in [6.07, 6.45) is -0.0335. The van der Waals surface area contributed by atoms with Crippen LogP contribution in [-0.2, 0) is 9.53 Å². The molecule has 1 aromatic rings. The minimum atomic E-state index is -0.721. The van der Waals surface area contributed by atoms with Crippen molar-refractivity contribution < 1.29 is 19.1 Å². The third-order valence-electron chi connectivity index (χ3n) is 1.97. The van der Waals surface area contributed by atoms with E-state index in [0.29, 0.717) is 24.2 Å². The lowest BCUT2D eigenvalue weighted by molar-refractivity contribution is -0.150. The molecule has 0 aliphatic carbocycles. The summed E-state index contributed by atoms with van der Waals surface area (Å²) in [4.78, 5) is 22.0. The van der Waals surface area contributed by atoms with Gasteiger partial charge in [-0.2, -0.15) is 0 Å². The van der Waals surface area contributed by atoms with Crippen molar-refractivity contribution in [2.24, 2.45) is 0 Å². The van der Waals surface area contributed by atoms with E-state index < -0.39 is 12.1 Å². The molecule has 0 radical (unpaired) electrons. The second-order valence-corrected chi connectivity index (χ2v) is 3.17. The third-order valence-corrected chi connectivity index (χ3v) is 1.97. The molecule has 0 saturated carbocycles. The first-order chi connectivity index (χ1) is 7.69. The van der Waals surface area contributed by atoms with Crippen molar-refractivity contribution in [3.05, 3.63) is 29.8 Å². The van der Waals surface area contributed by atoms with Crippen LogP contribution in [0, 0.1) is 0 Å². The Balaban J connectivity index is 2.72. The molecule has 86 valence electrons. The van der Waals surface area contributed by atoms with Crippen molar-refractivity contribution in [3.63, 3.8) is 0 Å². The highest BCUT2D eigenvalue weighted by Crippen LogP contribution is 2.17. The summed E-state index contributed by atoms with van der Waals surface area (Å²) in [6.45, 7) is 3.62. The molecule has 0 spiro atoms. The summed E-state index contributed by atoms with van der Waals surface area (Å²) in [5, 5.41) is 0. The molecule has 1 rings (SSSR count). The number of benzene rings is 1. The van der Waals surface area contributed by atoms with E-state index in [9.17, 15) is 9.59 Å². The highest BCUT2D eigenvalue weighted by Gasteiger charge is 2.16. The fourth-order valence-electron chi connectivity index (χ4n) is 1.18. The molecule has 0 amide bonds. The van der Waals surface area contributed by atoms with Gasteiger partial charge in [-0.1, -0.05) is 12.1 Å². The quantitative estimate of drug-likeness (QED) is 0.563. The molecule has 0 aliphatic rings. The lowest BCUT2D eigenvalue weighted by Crippen LogP contribution is -2.26. The Hall–Kier alpha value is -1.84. The van der Waals surface area contributed by atoms with E-state index in [1.807, 2.05) is 0 Å². The van der Waals surface area contributed by atoms with Gasteiger partial charge in [-0.05, 0) is 26.0 Å². The van der Waals surface area contributed by atoms with Crippen LogP contribution in [0.1, 0.15) is 24.2 Å². The Morgan fingerprint density at radius 2 is 2.12 bits per heavy atom. The largest absolute Gasteiger partial charge is 0.478 e. The molecule has 1 atom stereocenters. The standard InChI is InChI=1S/C12H14O4/c1-3-15-12(14)9(2)16-11-7-5-4-6-10(11)8-13/h4-9H,3H2,1-2H3. The number of aldehydes is 1. The summed E-state index contributed by atoms with van der Waals surface area (Å²) in [7, 11) is 0. The Bertz CT molecular complexity index is 373. The SMILES string of the molecule is CCOC(=O)C(C)Oc1ccccc1C=O. The van der Waals surface area contributed by atoms with Crippen molar-refractivity contribution >= 4 is 12.3 Å². The van der Waals surface area contributed by atoms with E-state index in [4.69, 9.17) is 9.47 Å². The molecule has 1 unspecified atom stereocenters. The van der Waals surface area contributed by atoms with E-state index >= 15 is 0 Å². The van der Waals surface area contributed by atoms with Crippen LogP contribution in [0.15, 0.2) is 24.3 Å². The first-order valence-corrected chi connectivity index (χ1v) is 5.06. The summed E-state index contributed by atoms with van der Waals surface area (Å²) < 4.78 is 10.1. The second-order valence-electron chi connectivity index (χ2n) is 3.17. The van der Waals surface area contributed by atoms with Crippen molar-refractivity contribution in [1.29, 1.82) is 0 Å². The number of ether oxygens (including phenoxy) is 2. The van der Waals surface area contributed by atoms with E-state index in [1.165, 1.54) is 0 Å². The molecule has 1 aromatic carbocycles. The number of rotatable bonds is 5. The van der Waals surface area contributed by atoms with Crippen LogP contribution in [0.2, 0.25) is 0 Å². The van der Waals surface area contributed by atoms with Crippen molar-refractivity contribution in [2.75, 3.05) is 6.61 Å². The van der Waals surface area contributed by atoms with E-state index in [0.717, 1.165) is 0 Å². The van der Waals surface area contributed by atoms with E-state index in [1.54, 1.807) is 38.1 Å². The molecule has 0 bridgehead atoms. The third kappa shape index (κ3) is 3.08. The van der Waals surface area contributed by atoms with Crippen molar-refractivity contribution in [3.8, 4) is 5.75 Å². The van der Waals surface area contributed by atoms with Crippen molar-refractivity contribution in [1.82, 2.24) is 0 Å². The molecule has 0 aromatic heterocycles. The van der Waals surface area contributed by atoms with Gasteiger partial charge in [0.15, 0.2) is 12.4 Å². The highest BCUT2D eigenvalue weighted by molar-refractivity contribution is 5.80. The molecule has 0 fully saturated rings. The number of hydrogen-bond acceptors (Lipinski definition) is 4. The molecular weight excluding hydrogens is 208 g/mol. The number of carbonyl (C=O) groups excluding carboxylic acids is 2. The van der Waals surface area contributed by atoms with Gasteiger partial charge < -0.3 is 9.47 Å². The normalized spacial score (nSPS) is 11.6. The topological polar surface area (TPSA) is 52.6 Å². The van der Waals surface area contributed by atoms with Gasteiger partial charge in [-0.25, -0.2) is 4.79 Å². The van der Waals surface area contributed by atoms with Crippen molar-refractivity contribution in [2.45, 2.75) is 20.0 Å². The van der Waals surface area contributed by atoms with Crippen LogP contribution in [0.25, 0.3) is 0 Å². The minimum Gasteiger partial charge on any atom is -0.478 e. The van der Waals surface area contributed by atoms with Crippen LogP contribution < -0.4 is 4.74 Å². The van der Waals surface area contributed by atoms with Gasteiger partial charge in [0.2, 0.25) is 0 Å². The predicted octanol–water partition coefficient (Wildman–Crippen LogP) is 1.83. The highest BCUT2D eigenvalue weighted by atomic mass is 16.6. The Kier molecular flexibility index (Phi) is 4.51. The molecule has 0 N–H and O–H groups in total. The summed E-state index contributed by atoms with van der Waals surface area (Å²) >= 11 is 0. The van der Waals surface area contributed by atoms with Gasteiger partial charge in [-0.3, -0.25) is 4.79 Å². The van der Waals surface area contributed by atoms with Gasteiger partial charge in [0.05, 0.1) is 12.2 Å². The number of para-hydroxylation sites is 1. The smallest absolute Gasteiger partial charge is 0.347 e. The molecular formula is C12H14O4. The van der Waals surface area contributed by atoms with Crippen LogP contribution in [0.4, 0.5) is 0 Å².